The zero-order valence-corrected chi connectivity index (χ0v) is 13.0. The van der Waals surface area contributed by atoms with Gasteiger partial charge in [0.1, 0.15) is 0 Å². The van der Waals surface area contributed by atoms with Gasteiger partial charge in [0.15, 0.2) is 0 Å². The van der Waals surface area contributed by atoms with Gasteiger partial charge in [-0.05, 0) is 18.4 Å². The van der Waals surface area contributed by atoms with Crippen LogP contribution in [0.15, 0.2) is 11.1 Å². The van der Waals surface area contributed by atoms with Gasteiger partial charge in [0, 0.05) is 26.2 Å². The van der Waals surface area contributed by atoms with Gasteiger partial charge in [-0.2, -0.15) is 0 Å². The lowest BCUT2D eigenvalue weighted by Crippen LogP contribution is -2.24. The number of esters is 1. The Kier molecular flexibility index (Phi) is 7.79. The van der Waals surface area contributed by atoms with Crippen molar-refractivity contribution in [2.75, 3.05) is 21.3 Å². The van der Waals surface area contributed by atoms with Crippen LogP contribution in [0, 0.1) is 5.92 Å². The highest BCUT2D eigenvalue weighted by atomic mass is 35.5. The molecule has 18 heavy (non-hydrogen) atoms. The summed E-state index contributed by atoms with van der Waals surface area (Å²) in [6, 6.07) is 0. The quantitative estimate of drug-likeness (QED) is 0.533. The molecular weight excluding hydrogens is 279 g/mol. The molecule has 0 saturated carbocycles. The van der Waals surface area contributed by atoms with Crippen molar-refractivity contribution in [2.24, 2.45) is 5.92 Å². The molecule has 0 saturated heterocycles. The molecule has 0 bridgehead atoms. The van der Waals surface area contributed by atoms with E-state index in [4.69, 9.17) is 20.6 Å². The lowest BCUT2D eigenvalue weighted by molar-refractivity contribution is -0.141. The predicted molar refractivity (Wildman–Crippen MR) is 70.8 cm³/mol. The second-order valence-corrected chi connectivity index (χ2v) is 6.55. The molecular formula is C11H20ClO5P. The highest BCUT2D eigenvalue weighted by molar-refractivity contribution is 7.54. The third-order valence-corrected chi connectivity index (χ3v) is 5.70. The maximum absolute atomic E-state index is 12.5. The van der Waals surface area contributed by atoms with Gasteiger partial charge in [-0.25, -0.2) is 0 Å². The van der Waals surface area contributed by atoms with Crippen molar-refractivity contribution in [1.29, 1.82) is 0 Å². The van der Waals surface area contributed by atoms with Crippen LogP contribution in [0.1, 0.15) is 20.3 Å². The molecule has 0 aromatic rings. The molecule has 0 radical (unpaired) electrons. The number of carbonyl (C=O) groups excluding carboxylic acids is 1. The van der Waals surface area contributed by atoms with E-state index in [-0.39, 0.29) is 18.3 Å². The fourth-order valence-electron chi connectivity index (χ4n) is 1.83. The smallest absolute Gasteiger partial charge is 0.337 e. The summed E-state index contributed by atoms with van der Waals surface area (Å²) in [5.74, 6) is -0.660. The number of carbonyl (C=O) groups is 1. The van der Waals surface area contributed by atoms with Crippen LogP contribution < -0.4 is 0 Å². The Morgan fingerprint density at radius 2 is 1.83 bits per heavy atom. The summed E-state index contributed by atoms with van der Waals surface area (Å²) >= 11 is 5.67. The van der Waals surface area contributed by atoms with Crippen molar-refractivity contribution >= 4 is 25.2 Å². The third kappa shape index (κ3) is 4.39. The van der Waals surface area contributed by atoms with Crippen molar-refractivity contribution in [3.05, 3.63) is 11.1 Å². The van der Waals surface area contributed by atoms with Gasteiger partial charge in [-0.1, -0.05) is 18.5 Å². The maximum Gasteiger partial charge on any atom is 0.337 e. The summed E-state index contributed by atoms with van der Waals surface area (Å²) in [6.07, 6.45) is 0.111. The van der Waals surface area contributed by atoms with Crippen LogP contribution in [0.25, 0.3) is 0 Å². The van der Waals surface area contributed by atoms with Crippen LogP contribution in [0.5, 0.6) is 0 Å². The summed E-state index contributed by atoms with van der Waals surface area (Å²) < 4.78 is 27.0. The van der Waals surface area contributed by atoms with E-state index in [9.17, 15) is 9.36 Å². The second kappa shape index (κ2) is 7.95. The number of hydrogen-bond acceptors (Lipinski definition) is 5. The normalized spacial score (nSPS) is 16.2. The Hall–Kier alpha value is -0.350. The fourth-order valence-corrected chi connectivity index (χ4v) is 3.96. The van der Waals surface area contributed by atoms with Crippen LogP contribution >= 0.6 is 19.2 Å². The molecule has 0 aromatic carbocycles. The van der Waals surface area contributed by atoms with Crippen molar-refractivity contribution < 1.29 is 23.1 Å². The first-order valence-electron chi connectivity index (χ1n) is 5.41. The minimum atomic E-state index is -3.35. The number of ether oxygens (including phenoxy) is 1. The summed E-state index contributed by atoms with van der Waals surface area (Å²) in [7, 11) is 0.577. The van der Waals surface area contributed by atoms with E-state index in [1.54, 1.807) is 13.8 Å². The van der Waals surface area contributed by atoms with Crippen molar-refractivity contribution in [2.45, 2.75) is 25.9 Å². The highest BCUT2D eigenvalue weighted by Gasteiger charge is 2.40. The topological polar surface area (TPSA) is 61.8 Å². The highest BCUT2D eigenvalue weighted by Crippen LogP contribution is 2.57. The standard InChI is InChI=1S/C11H20ClO5P/c1-8(6-10(13)15-3)11(9(2)7-12)18(14,16-4)17-5/h7-8,11H,6H2,1-5H3/b9-7+/t8-,11+/m1/s1. The summed E-state index contributed by atoms with van der Waals surface area (Å²) in [4.78, 5) is 11.3. The number of allylic oxidation sites excluding steroid dienone is 1. The molecule has 0 amide bonds. The molecule has 2 atom stereocenters. The van der Waals surface area contributed by atoms with E-state index in [2.05, 4.69) is 4.74 Å². The second-order valence-electron chi connectivity index (χ2n) is 3.96. The zero-order valence-electron chi connectivity index (χ0n) is 11.3. The number of methoxy groups -OCH3 is 1. The Balaban J connectivity index is 5.25. The molecule has 0 heterocycles. The largest absolute Gasteiger partial charge is 0.469 e. The van der Waals surface area contributed by atoms with Crippen LogP contribution in [-0.4, -0.2) is 33.0 Å². The molecule has 0 aliphatic rings. The Morgan fingerprint density at radius 1 is 1.33 bits per heavy atom. The van der Waals surface area contributed by atoms with E-state index in [0.717, 1.165) is 0 Å². The van der Waals surface area contributed by atoms with Crippen LogP contribution in [-0.2, 0) is 23.1 Å². The van der Waals surface area contributed by atoms with Gasteiger partial charge in [0.05, 0.1) is 12.8 Å². The lowest BCUT2D eigenvalue weighted by atomic mass is 9.99. The van der Waals surface area contributed by atoms with Gasteiger partial charge in [-0.3, -0.25) is 9.36 Å². The van der Waals surface area contributed by atoms with Gasteiger partial charge in [-0.15, -0.1) is 0 Å². The van der Waals surface area contributed by atoms with Gasteiger partial charge in [0.25, 0.3) is 0 Å². The van der Waals surface area contributed by atoms with E-state index in [0.29, 0.717) is 5.57 Å². The monoisotopic (exact) mass is 298 g/mol. The van der Waals surface area contributed by atoms with E-state index in [1.165, 1.54) is 26.9 Å². The Morgan fingerprint density at radius 3 is 2.17 bits per heavy atom. The molecule has 0 fully saturated rings. The van der Waals surface area contributed by atoms with Gasteiger partial charge >= 0.3 is 13.6 Å². The van der Waals surface area contributed by atoms with Crippen molar-refractivity contribution in [3.63, 3.8) is 0 Å². The molecule has 0 aromatic heterocycles. The third-order valence-electron chi connectivity index (χ3n) is 2.74. The lowest BCUT2D eigenvalue weighted by Gasteiger charge is -2.29. The summed E-state index contributed by atoms with van der Waals surface area (Å²) in [5.41, 5.74) is 1.38. The van der Waals surface area contributed by atoms with Crippen LogP contribution in [0.3, 0.4) is 0 Å². The first-order chi connectivity index (χ1) is 8.36. The zero-order chi connectivity index (χ0) is 14.3. The minimum Gasteiger partial charge on any atom is -0.469 e. The molecule has 0 spiro atoms. The molecule has 0 aliphatic carbocycles. The summed E-state index contributed by atoms with van der Waals surface area (Å²) in [6.45, 7) is 3.49. The van der Waals surface area contributed by atoms with Gasteiger partial charge < -0.3 is 13.8 Å². The minimum absolute atomic E-state index is 0.111. The average Bonchev–Trinajstić information content (AvgIpc) is 2.37. The average molecular weight is 299 g/mol. The number of halogens is 1. The van der Waals surface area contributed by atoms with E-state index >= 15 is 0 Å². The predicted octanol–water partition coefficient (Wildman–Crippen LogP) is 3.18. The molecule has 0 rings (SSSR count). The molecule has 106 valence electrons. The van der Waals surface area contributed by atoms with Gasteiger partial charge in [0.2, 0.25) is 0 Å². The van der Waals surface area contributed by atoms with Crippen molar-refractivity contribution in [1.82, 2.24) is 0 Å². The molecule has 0 aliphatic heterocycles. The summed E-state index contributed by atoms with van der Waals surface area (Å²) in [5, 5.41) is 0. The Labute approximate surface area is 113 Å². The Bertz CT molecular complexity index is 347. The molecule has 0 N–H and O–H groups in total. The SMILES string of the molecule is COC(=O)C[C@@H](C)[C@@H](/C(C)=C/Cl)P(=O)(OC)OC. The van der Waals surface area contributed by atoms with E-state index in [1.807, 2.05) is 0 Å². The van der Waals surface area contributed by atoms with Crippen LogP contribution in [0.2, 0.25) is 0 Å². The molecule has 0 unspecified atom stereocenters. The van der Waals surface area contributed by atoms with E-state index < -0.39 is 13.3 Å². The number of rotatable bonds is 7. The molecule has 5 nitrogen and oxygen atoms in total. The first-order valence-corrected chi connectivity index (χ1v) is 7.46. The van der Waals surface area contributed by atoms with Crippen molar-refractivity contribution in [3.8, 4) is 0 Å². The first kappa shape index (κ1) is 17.6. The fraction of sp³-hybridized carbons (Fsp3) is 0.727. The maximum atomic E-state index is 12.5. The molecule has 7 heteroatoms. The van der Waals surface area contributed by atoms with Crippen LogP contribution in [0.4, 0.5) is 0 Å². The number of hydrogen-bond donors (Lipinski definition) is 0.